The Bertz CT molecular complexity index is 1200. The van der Waals surface area contributed by atoms with Gasteiger partial charge in [-0.05, 0) is 49.2 Å². The standard InChI is InChI=1S/C23H23Cl2N5O2S/c1-4-9-30-20(12-26-22(32)16-7-8-17(24)18(25)11-16)28-29-23(30)33-13-21(31)27-19-10-14(2)5-6-15(19)3/h4-8,10-11H,1,9,12-13H2,2-3H3,(H,26,32)(H,27,31). The minimum atomic E-state index is -0.316. The smallest absolute Gasteiger partial charge is 0.251 e. The molecule has 172 valence electrons. The van der Waals surface area contributed by atoms with Crippen LogP contribution in [0.4, 0.5) is 5.69 Å². The fourth-order valence-corrected chi connectivity index (χ4v) is 4.02. The van der Waals surface area contributed by atoms with Gasteiger partial charge in [0.05, 0.1) is 22.3 Å². The van der Waals surface area contributed by atoms with Gasteiger partial charge in [0.25, 0.3) is 5.91 Å². The molecule has 2 aromatic carbocycles. The number of hydrogen-bond acceptors (Lipinski definition) is 5. The topological polar surface area (TPSA) is 88.9 Å². The van der Waals surface area contributed by atoms with Crippen LogP contribution in [0.5, 0.6) is 0 Å². The van der Waals surface area contributed by atoms with Gasteiger partial charge in [-0.25, -0.2) is 0 Å². The van der Waals surface area contributed by atoms with E-state index < -0.39 is 0 Å². The second kappa shape index (κ2) is 11.4. The highest BCUT2D eigenvalue weighted by molar-refractivity contribution is 7.99. The number of allylic oxidation sites excluding steroid dienone is 1. The van der Waals surface area contributed by atoms with Crippen LogP contribution >= 0.6 is 35.0 Å². The molecular weight excluding hydrogens is 481 g/mol. The second-order valence-electron chi connectivity index (χ2n) is 7.26. The van der Waals surface area contributed by atoms with Gasteiger partial charge in [0.1, 0.15) is 0 Å². The summed E-state index contributed by atoms with van der Waals surface area (Å²) in [5.41, 5.74) is 3.24. The van der Waals surface area contributed by atoms with Crippen molar-refractivity contribution in [1.82, 2.24) is 20.1 Å². The molecule has 0 aliphatic heterocycles. The van der Waals surface area contributed by atoms with E-state index in [9.17, 15) is 9.59 Å². The molecule has 0 spiro atoms. The van der Waals surface area contributed by atoms with Gasteiger partial charge in [-0.3, -0.25) is 9.59 Å². The third-order valence-electron chi connectivity index (χ3n) is 4.69. The zero-order valence-corrected chi connectivity index (χ0v) is 20.5. The van der Waals surface area contributed by atoms with Crippen molar-refractivity contribution >= 4 is 52.5 Å². The van der Waals surface area contributed by atoms with Crippen LogP contribution in [-0.4, -0.2) is 32.3 Å². The molecule has 2 N–H and O–H groups in total. The highest BCUT2D eigenvalue weighted by Crippen LogP contribution is 2.23. The lowest BCUT2D eigenvalue weighted by molar-refractivity contribution is -0.113. The molecule has 10 heteroatoms. The first-order valence-electron chi connectivity index (χ1n) is 10.0. The molecule has 1 aromatic heterocycles. The van der Waals surface area contributed by atoms with Crippen molar-refractivity contribution in [3.8, 4) is 0 Å². The van der Waals surface area contributed by atoms with Crippen LogP contribution in [0.15, 0.2) is 54.2 Å². The normalized spacial score (nSPS) is 10.7. The summed E-state index contributed by atoms with van der Waals surface area (Å²) in [5.74, 6) is 0.249. The van der Waals surface area contributed by atoms with Gasteiger partial charge in [0.15, 0.2) is 11.0 Å². The summed E-state index contributed by atoms with van der Waals surface area (Å²) in [6, 6.07) is 10.6. The van der Waals surface area contributed by atoms with Crippen molar-refractivity contribution in [1.29, 1.82) is 0 Å². The Morgan fingerprint density at radius 3 is 2.64 bits per heavy atom. The summed E-state index contributed by atoms with van der Waals surface area (Å²) in [5, 5.41) is 15.3. The molecule has 0 saturated carbocycles. The van der Waals surface area contributed by atoms with E-state index in [1.54, 1.807) is 22.8 Å². The molecule has 3 aromatic rings. The van der Waals surface area contributed by atoms with Gasteiger partial charge >= 0.3 is 0 Å². The summed E-state index contributed by atoms with van der Waals surface area (Å²) in [6.45, 7) is 8.27. The Balaban J connectivity index is 1.63. The van der Waals surface area contributed by atoms with Crippen LogP contribution in [0.1, 0.15) is 27.3 Å². The van der Waals surface area contributed by atoms with Crippen molar-refractivity contribution in [2.24, 2.45) is 0 Å². The quantitative estimate of drug-likeness (QED) is 0.315. The number of rotatable bonds is 9. The molecule has 2 amide bonds. The van der Waals surface area contributed by atoms with Crippen molar-refractivity contribution < 1.29 is 9.59 Å². The molecular formula is C23H23Cl2N5O2S. The number of nitrogens with zero attached hydrogens (tertiary/aromatic N) is 3. The van der Waals surface area contributed by atoms with E-state index in [4.69, 9.17) is 23.2 Å². The Labute approximate surface area is 206 Å². The molecule has 1 heterocycles. The SMILES string of the molecule is C=CCn1c(CNC(=O)c2ccc(Cl)c(Cl)c2)nnc1SCC(=O)Nc1cc(C)ccc1C. The van der Waals surface area contributed by atoms with Crippen molar-refractivity contribution in [2.75, 3.05) is 11.1 Å². The fourth-order valence-electron chi connectivity index (χ4n) is 2.95. The van der Waals surface area contributed by atoms with Crippen molar-refractivity contribution in [3.63, 3.8) is 0 Å². The van der Waals surface area contributed by atoms with Crippen LogP contribution in [0, 0.1) is 13.8 Å². The van der Waals surface area contributed by atoms with E-state index in [1.165, 1.54) is 17.8 Å². The number of hydrogen-bond donors (Lipinski definition) is 2. The van der Waals surface area contributed by atoms with Crippen molar-refractivity contribution in [2.45, 2.75) is 32.1 Å². The first-order valence-corrected chi connectivity index (χ1v) is 11.8. The first kappa shape index (κ1) is 24.8. The highest BCUT2D eigenvalue weighted by Gasteiger charge is 2.16. The number of aromatic nitrogens is 3. The number of thioether (sulfide) groups is 1. The maximum absolute atomic E-state index is 12.5. The van der Waals surface area contributed by atoms with Crippen LogP contribution in [-0.2, 0) is 17.9 Å². The predicted molar refractivity (Wildman–Crippen MR) is 133 cm³/mol. The van der Waals surface area contributed by atoms with Gasteiger partial charge in [-0.1, -0.05) is 53.2 Å². The van der Waals surface area contributed by atoms with Gasteiger partial charge in [-0.2, -0.15) is 0 Å². The number of halogens is 2. The predicted octanol–water partition coefficient (Wildman–Crippen LogP) is 5.05. The summed E-state index contributed by atoms with van der Waals surface area (Å²) < 4.78 is 1.80. The van der Waals surface area contributed by atoms with Crippen LogP contribution in [0.2, 0.25) is 10.0 Å². The molecule has 0 bridgehead atoms. The highest BCUT2D eigenvalue weighted by atomic mass is 35.5. The van der Waals surface area contributed by atoms with E-state index >= 15 is 0 Å². The number of anilines is 1. The maximum atomic E-state index is 12.5. The van der Waals surface area contributed by atoms with Crippen LogP contribution in [0.3, 0.4) is 0 Å². The molecule has 0 unspecified atom stereocenters. The number of carbonyl (C=O) groups excluding carboxylic acids is 2. The molecule has 0 aliphatic carbocycles. The lowest BCUT2D eigenvalue weighted by Gasteiger charge is -2.10. The van der Waals surface area contributed by atoms with Crippen molar-refractivity contribution in [3.05, 3.63) is 81.6 Å². The minimum absolute atomic E-state index is 0.142. The van der Waals surface area contributed by atoms with E-state index in [1.807, 2.05) is 32.0 Å². The van der Waals surface area contributed by atoms with E-state index in [0.29, 0.717) is 33.1 Å². The zero-order chi connectivity index (χ0) is 24.0. The summed E-state index contributed by atoms with van der Waals surface area (Å²) >= 11 is 13.2. The second-order valence-corrected chi connectivity index (χ2v) is 9.02. The first-order chi connectivity index (χ1) is 15.8. The summed E-state index contributed by atoms with van der Waals surface area (Å²) in [7, 11) is 0. The molecule has 0 radical (unpaired) electrons. The lowest BCUT2D eigenvalue weighted by atomic mass is 10.1. The van der Waals surface area contributed by atoms with Gasteiger partial charge in [-0.15, -0.1) is 16.8 Å². The number of aryl methyl sites for hydroxylation is 2. The number of benzene rings is 2. The molecule has 0 aliphatic rings. The number of nitrogens with one attached hydrogen (secondary N) is 2. The van der Waals surface area contributed by atoms with E-state index in [0.717, 1.165) is 16.8 Å². The van der Waals surface area contributed by atoms with E-state index in [-0.39, 0.29) is 24.1 Å². The van der Waals surface area contributed by atoms with E-state index in [2.05, 4.69) is 27.4 Å². The molecule has 0 saturated heterocycles. The monoisotopic (exact) mass is 503 g/mol. The summed E-state index contributed by atoms with van der Waals surface area (Å²) in [4.78, 5) is 24.9. The fraction of sp³-hybridized carbons (Fsp3) is 0.217. The third kappa shape index (κ3) is 6.60. The van der Waals surface area contributed by atoms with Gasteiger partial charge in [0, 0.05) is 17.8 Å². The molecule has 0 fully saturated rings. The summed E-state index contributed by atoms with van der Waals surface area (Å²) in [6.07, 6.45) is 1.70. The van der Waals surface area contributed by atoms with Crippen LogP contribution < -0.4 is 10.6 Å². The van der Waals surface area contributed by atoms with Gasteiger partial charge < -0.3 is 15.2 Å². The average molecular weight is 504 g/mol. The third-order valence-corrected chi connectivity index (χ3v) is 6.40. The number of carbonyl (C=O) groups is 2. The molecule has 33 heavy (non-hydrogen) atoms. The Hall–Kier alpha value is -2.81. The largest absolute Gasteiger partial charge is 0.345 e. The Kier molecular flexibility index (Phi) is 8.55. The van der Waals surface area contributed by atoms with Gasteiger partial charge in [0.2, 0.25) is 5.91 Å². The maximum Gasteiger partial charge on any atom is 0.251 e. The number of amides is 2. The minimum Gasteiger partial charge on any atom is -0.345 e. The molecule has 0 atom stereocenters. The average Bonchev–Trinajstić information content (AvgIpc) is 3.17. The molecule has 7 nitrogen and oxygen atoms in total. The Morgan fingerprint density at radius 1 is 1.12 bits per heavy atom. The Morgan fingerprint density at radius 2 is 1.91 bits per heavy atom. The lowest BCUT2D eigenvalue weighted by Crippen LogP contribution is -2.25. The van der Waals surface area contributed by atoms with Crippen LogP contribution in [0.25, 0.3) is 0 Å². The molecule has 3 rings (SSSR count). The zero-order valence-electron chi connectivity index (χ0n) is 18.2.